The average Bonchev–Trinajstić information content (AvgIpc) is 2.30. The number of hydrogen-bond acceptors (Lipinski definition) is 1. The second kappa shape index (κ2) is 5.13. The largest absolute Gasteiger partial charge is 0.133 e. The quantitative estimate of drug-likeness (QED) is 0.657. The van der Waals surface area contributed by atoms with Crippen LogP contribution in [0.4, 0.5) is 0 Å². The number of halogens is 2. The lowest BCUT2D eigenvalue weighted by Crippen LogP contribution is -2.18. The summed E-state index contributed by atoms with van der Waals surface area (Å²) in [5.74, 6) is 0. The van der Waals surface area contributed by atoms with E-state index in [0.717, 1.165) is 0 Å². The van der Waals surface area contributed by atoms with Gasteiger partial charge in [-0.15, -0.1) is 11.3 Å². The monoisotopic (exact) mass is 338 g/mol. The highest BCUT2D eigenvalue weighted by Gasteiger charge is 2.21. The van der Waals surface area contributed by atoms with Gasteiger partial charge >= 0.3 is 0 Å². The highest BCUT2D eigenvalue weighted by atomic mass is 79.9. The second-order valence-electron chi connectivity index (χ2n) is 4.53. The van der Waals surface area contributed by atoms with Gasteiger partial charge in [-0.25, -0.2) is 0 Å². The van der Waals surface area contributed by atoms with Crippen LogP contribution in [0.15, 0.2) is 15.9 Å². The molecule has 3 heteroatoms. The summed E-state index contributed by atoms with van der Waals surface area (Å²) in [5.41, 5.74) is 0.382. The molecule has 0 aliphatic heterocycles. The molecule has 0 amide bonds. The molecule has 1 rings (SSSR count). The molecule has 0 radical (unpaired) electrons. The Kier molecular flexibility index (Phi) is 4.66. The molecule has 1 atom stereocenters. The summed E-state index contributed by atoms with van der Waals surface area (Å²) in [5, 5.41) is 0. The lowest BCUT2D eigenvalue weighted by atomic mass is 9.84. The Morgan fingerprint density at radius 2 is 2.07 bits per heavy atom. The molecule has 0 nitrogen and oxygen atoms in total. The summed E-state index contributed by atoms with van der Waals surface area (Å²) in [6, 6.07) is 4.35. The Labute approximate surface area is 107 Å². The first kappa shape index (κ1) is 12.7. The minimum atomic E-state index is 0.382. The summed E-state index contributed by atoms with van der Waals surface area (Å²) in [6.07, 6.45) is 2.38. The first-order chi connectivity index (χ1) is 6.39. The molecule has 0 saturated heterocycles. The highest BCUT2D eigenvalue weighted by Crippen LogP contribution is 2.33. The van der Waals surface area contributed by atoms with E-state index in [1.165, 1.54) is 21.5 Å². The van der Waals surface area contributed by atoms with Gasteiger partial charge in [-0.2, -0.15) is 0 Å². The van der Waals surface area contributed by atoms with Crippen LogP contribution in [0.3, 0.4) is 0 Å². The van der Waals surface area contributed by atoms with Crippen molar-refractivity contribution >= 4 is 43.2 Å². The molecular weight excluding hydrogens is 324 g/mol. The number of alkyl halides is 1. The Hall–Kier alpha value is 0.660. The van der Waals surface area contributed by atoms with E-state index in [9.17, 15) is 0 Å². The molecule has 0 aliphatic rings. The van der Waals surface area contributed by atoms with E-state index < -0.39 is 0 Å². The Morgan fingerprint density at radius 1 is 1.43 bits per heavy atom. The molecule has 0 aliphatic carbocycles. The Balaban J connectivity index is 2.58. The van der Waals surface area contributed by atoms with Gasteiger partial charge in [0.2, 0.25) is 0 Å². The normalized spacial score (nSPS) is 14.4. The van der Waals surface area contributed by atoms with Crippen molar-refractivity contribution in [2.45, 2.75) is 38.4 Å². The lowest BCUT2D eigenvalue weighted by Gasteiger charge is -2.25. The van der Waals surface area contributed by atoms with E-state index in [-0.39, 0.29) is 0 Å². The minimum Gasteiger partial charge on any atom is -0.133 e. The van der Waals surface area contributed by atoms with E-state index >= 15 is 0 Å². The molecule has 0 aromatic carbocycles. The first-order valence-corrected chi connectivity index (χ1v) is 7.30. The van der Waals surface area contributed by atoms with E-state index in [1.54, 1.807) is 0 Å². The fourth-order valence-corrected chi connectivity index (χ4v) is 4.37. The van der Waals surface area contributed by atoms with E-state index in [0.29, 0.717) is 10.2 Å². The van der Waals surface area contributed by atoms with E-state index in [1.807, 2.05) is 11.3 Å². The summed E-state index contributed by atoms with van der Waals surface area (Å²) >= 11 is 8.97. The van der Waals surface area contributed by atoms with Crippen LogP contribution in [0.1, 0.15) is 32.1 Å². The van der Waals surface area contributed by atoms with Crippen LogP contribution >= 0.6 is 43.2 Å². The van der Waals surface area contributed by atoms with Gasteiger partial charge in [0.15, 0.2) is 0 Å². The van der Waals surface area contributed by atoms with Crippen molar-refractivity contribution in [3.63, 3.8) is 0 Å². The van der Waals surface area contributed by atoms with Crippen molar-refractivity contribution < 1.29 is 0 Å². The van der Waals surface area contributed by atoms with Crippen LogP contribution in [-0.4, -0.2) is 4.83 Å². The summed E-state index contributed by atoms with van der Waals surface area (Å²) in [7, 11) is 0. The summed E-state index contributed by atoms with van der Waals surface area (Å²) in [4.78, 5) is 2.07. The van der Waals surface area contributed by atoms with Gasteiger partial charge in [-0.1, -0.05) is 36.7 Å². The lowest BCUT2D eigenvalue weighted by molar-refractivity contribution is 0.337. The molecule has 0 bridgehead atoms. The zero-order valence-electron chi connectivity index (χ0n) is 8.81. The molecule has 1 aromatic heterocycles. The predicted molar refractivity (Wildman–Crippen MR) is 72.5 cm³/mol. The van der Waals surface area contributed by atoms with Gasteiger partial charge in [0.25, 0.3) is 0 Å². The maximum atomic E-state index is 3.62. The van der Waals surface area contributed by atoms with Crippen LogP contribution < -0.4 is 0 Å². The van der Waals surface area contributed by atoms with Gasteiger partial charge in [-0.05, 0) is 46.3 Å². The van der Waals surface area contributed by atoms with Crippen molar-refractivity contribution in [2.75, 3.05) is 0 Å². The van der Waals surface area contributed by atoms with Gasteiger partial charge in [0, 0.05) is 9.70 Å². The topological polar surface area (TPSA) is 0 Å². The number of hydrogen-bond donors (Lipinski definition) is 0. The average molecular weight is 340 g/mol. The molecule has 1 unspecified atom stereocenters. The minimum absolute atomic E-state index is 0.382. The van der Waals surface area contributed by atoms with Gasteiger partial charge in [-0.3, -0.25) is 0 Å². The zero-order valence-corrected chi connectivity index (χ0v) is 12.8. The smallest absolute Gasteiger partial charge is 0.0701 e. The Bertz CT molecular complexity index is 289. The SMILES string of the molecule is CC(Br)CC(C)(C)Cc1ccc(Br)s1. The molecule has 1 heterocycles. The molecule has 14 heavy (non-hydrogen) atoms. The molecular formula is C11H16Br2S. The predicted octanol–water partition coefficient (Wildman–Crippen LogP) is 5.25. The molecule has 1 aromatic rings. The first-order valence-electron chi connectivity index (χ1n) is 4.77. The summed E-state index contributed by atoms with van der Waals surface area (Å²) in [6.45, 7) is 6.88. The second-order valence-corrected chi connectivity index (χ2v) is 8.64. The standard InChI is InChI=1S/C11H16Br2S/c1-8(12)6-11(2,3)7-9-4-5-10(13)14-9/h4-5,8H,6-7H2,1-3H3. The van der Waals surface area contributed by atoms with Crippen molar-refractivity contribution in [1.29, 1.82) is 0 Å². The molecule has 80 valence electrons. The highest BCUT2D eigenvalue weighted by molar-refractivity contribution is 9.11. The van der Waals surface area contributed by atoms with Crippen LogP contribution in [0.2, 0.25) is 0 Å². The van der Waals surface area contributed by atoms with Gasteiger partial charge in [0.05, 0.1) is 3.79 Å². The molecule has 0 spiro atoms. The van der Waals surface area contributed by atoms with Gasteiger partial charge < -0.3 is 0 Å². The number of thiophene rings is 1. The van der Waals surface area contributed by atoms with Crippen LogP contribution in [0.25, 0.3) is 0 Å². The summed E-state index contributed by atoms with van der Waals surface area (Å²) < 4.78 is 1.23. The number of rotatable bonds is 4. The fraction of sp³-hybridized carbons (Fsp3) is 0.636. The molecule has 0 saturated carbocycles. The van der Waals surface area contributed by atoms with Crippen LogP contribution in [0.5, 0.6) is 0 Å². The molecule has 0 fully saturated rings. The van der Waals surface area contributed by atoms with E-state index in [4.69, 9.17) is 0 Å². The third-order valence-corrected chi connectivity index (χ3v) is 4.06. The maximum absolute atomic E-state index is 3.62. The molecule has 0 N–H and O–H groups in total. The van der Waals surface area contributed by atoms with Gasteiger partial charge in [0.1, 0.15) is 0 Å². The zero-order chi connectivity index (χ0) is 10.8. The third kappa shape index (κ3) is 4.45. The van der Waals surface area contributed by atoms with Crippen LogP contribution in [-0.2, 0) is 6.42 Å². The van der Waals surface area contributed by atoms with Crippen molar-refractivity contribution in [1.82, 2.24) is 0 Å². The maximum Gasteiger partial charge on any atom is 0.0701 e. The fourth-order valence-electron chi connectivity index (χ4n) is 1.75. The Morgan fingerprint density at radius 3 is 2.50 bits per heavy atom. The van der Waals surface area contributed by atoms with Crippen molar-refractivity contribution in [3.05, 3.63) is 20.8 Å². The van der Waals surface area contributed by atoms with Crippen LogP contribution in [0, 0.1) is 5.41 Å². The van der Waals surface area contributed by atoms with Crippen molar-refractivity contribution in [3.8, 4) is 0 Å². The van der Waals surface area contributed by atoms with E-state index in [2.05, 4.69) is 64.8 Å². The third-order valence-electron chi connectivity index (χ3n) is 2.12. The van der Waals surface area contributed by atoms with Crippen molar-refractivity contribution in [2.24, 2.45) is 5.41 Å².